The molecule has 0 amide bonds. The standard InChI is InChI=1S/C15H22N2O4S.C2HF3O2/c1-2-22(18,19)17-10-14(15-13(17)7-5-9-20-15)21-11-12-6-3-4-8-16-12;3-2(4,5)1(6)7/h3-4,6,8,13-15H,2,5,7,9-11H2,1H3;(H,6,7)/t13-,14+,15+;/m0./s1. The average molecular weight is 440 g/mol. The molecular formula is C17H23F3N2O6S. The lowest BCUT2D eigenvalue weighted by atomic mass is 10.0. The lowest BCUT2D eigenvalue weighted by Gasteiger charge is -2.31. The Morgan fingerprint density at radius 2 is 2.10 bits per heavy atom. The van der Waals surface area contributed by atoms with Crippen LogP contribution in [0.3, 0.4) is 0 Å². The second kappa shape index (κ2) is 9.83. The Hall–Kier alpha value is -1.76. The van der Waals surface area contributed by atoms with Crippen LogP contribution in [0.25, 0.3) is 0 Å². The lowest BCUT2D eigenvalue weighted by molar-refractivity contribution is -0.192. The Labute approximate surface area is 166 Å². The molecule has 0 spiro atoms. The fraction of sp³-hybridized carbons (Fsp3) is 0.647. The number of carbonyl (C=O) groups is 1. The molecule has 0 unspecified atom stereocenters. The molecule has 29 heavy (non-hydrogen) atoms. The highest BCUT2D eigenvalue weighted by Gasteiger charge is 2.48. The van der Waals surface area contributed by atoms with Gasteiger partial charge in [0.15, 0.2) is 0 Å². The van der Waals surface area contributed by atoms with E-state index in [4.69, 9.17) is 19.4 Å². The topological polar surface area (TPSA) is 106 Å². The van der Waals surface area contributed by atoms with E-state index in [1.54, 1.807) is 17.4 Å². The molecule has 2 fully saturated rings. The van der Waals surface area contributed by atoms with E-state index >= 15 is 0 Å². The molecule has 2 saturated heterocycles. The quantitative estimate of drug-likeness (QED) is 0.744. The second-order valence-electron chi connectivity index (χ2n) is 6.49. The van der Waals surface area contributed by atoms with Gasteiger partial charge in [0.1, 0.15) is 6.10 Å². The first-order valence-electron chi connectivity index (χ1n) is 8.99. The number of fused-ring (bicyclic) bond motifs is 1. The Bertz CT molecular complexity index is 775. The summed E-state index contributed by atoms with van der Waals surface area (Å²) in [5.74, 6) is -2.64. The summed E-state index contributed by atoms with van der Waals surface area (Å²) >= 11 is 0. The number of nitrogens with zero attached hydrogens (tertiary/aromatic N) is 2. The van der Waals surface area contributed by atoms with Gasteiger partial charge in [0.05, 0.1) is 30.2 Å². The minimum Gasteiger partial charge on any atom is -0.475 e. The molecule has 2 aliphatic heterocycles. The summed E-state index contributed by atoms with van der Waals surface area (Å²) in [6.45, 7) is 3.09. The van der Waals surface area contributed by atoms with E-state index < -0.39 is 22.2 Å². The van der Waals surface area contributed by atoms with E-state index in [2.05, 4.69) is 4.98 Å². The molecule has 1 aromatic heterocycles. The average Bonchev–Trinajstić information content (AvgIpc) is 3.06. The molecule has 2 aliphatic rings. The molecule has 0 saturated carbocycles. The van der Waals surface area contributed by atoms with E-state index in [1.807, 2.05) is 18.2 Å². The van der Waals surface area contributed by atoms with Crippen molar-refractivity contribution in [2.75, 3.05) is 18.9 Å². The van der Waals surface area contributed by atoms with Crippen molar-refractivity contribution in [2.24, 2.45) is 0 Å². The zero-order chi connectivity index (χ0) is 21.7. The van der Waals surface area contributed by atoms with Crippen LogP contribution in [0, 0.1) is 0 Å². The van der Waals surface area contributed by atoms with Crippen molar-refractivity contribution in [1.29, 1.82) is 0 Å². The smallest absolute Gasteiger partial charge is 0.475 e. The number of halogens is 3. The van der Waals surface area contributed by atoms with E-state index in [0.29, 0.717) is 19.8 Å². The number of carboxylic acids is 1. The molecule has 3 heterocycles. The van der Waals surface area contributed by atoms with Crippen molar-refractivity contribution >= 4 is 16.0 Å². The van der Waals surface area contributed by atoms with E-state index in [1.165, 1.54) is 0 Å². The van der Waals surface area contributed by atoms with Crippen molar-refractivity contribution in [3.63, 3.8) is 0 Å². The SMILES string of the molecule is CCS(=O)(=O)N1C[C@@H](OCc2ccccn2)[C@@H]2OCCC[C@@H]21.O=C(O)C(F)(F)F. The third kappa shape index (κ3) is 6.36. The Kier molecular flexibility index (Phi) is 7.97. The summed E-state index contributed by atoms with van der Waals surface area (Å²) in [6, 6.07) is 5.57. The third-order valence-electron chi connectivity index (χ3n) is 4.57. The molecule has 3 atom stereocenters. The first-order valence-corrected chi connectivity index (χ1v) is 10.6. The van der Waals surface area contributed by atoms with Gasteiger partial charge in [0, 0.05) is 19.3 Å². The van der Waals surface area contributed by atoms with Gasteiger partial charge in [-0.15, -0.1) is 0 Å². The first-order chi connectivity index (χ1) is 13.6. The first kappa shape index (κ1) is 23.5. The highest BCUT2D eigenvalue weighted by atomic mass is 32.2. The summed E-state index contributed by atoms with van der Waals surface area (Å²) in [6.07, 6.45) is -2.02. The fourth-order valence-electron chi connectivity index (χ4n) is 3.18. The molecular weight excluding hydrogens is 417 g/mol. The van der Waals surface area contributed by atoms with Crippen LogP contribution in [-0.4, -0.2) is 72.1 Å². The second-order valence-corrected chi connectivity index (χ2v) is 8.70. The van der Waals surface area contributed by atoms with Crippen molar-refractivity contribution in [3.8, 4) is 0 Å². The van der Waals surface area contributed by atoms with Gasteiger partial charge in [-0.25, -0.2) is 13.2 Å². The number of hydrogen-bond acceptors (Lipinski definition) is 6. The lowest BCUT2D eigenvalue weighted by Crippen LogP contribution is -2.44. The van der Waals surface area contributed by atoms with E-state index in [9.17, 15) is 21.6 Å². The molecule has 1 N–H and O–H groups in total. The molecule has 12 heteroatoms. The highest BCUT2D eigenvalue weighted by molar-refractivity contribution is 7.89. The third-order valence-corrected chi connectivity index (χ3v) is 6.43. The van der Waals surface area contributed by atoms with Crippen LogP contribution in [0.2, 0.25) is 0 Å². The summed E-state index contributed by atoms with van der Waals surface area (Å²) in [7, 11) is -3.23. The number of rotatable bonds is 5. The fourth-order valence-corrected chi connectivity index (χ4v) is 4.52. The highest BCUT2D eigenvalue weighted by Crippen LogP contribution is 2.33. The maximum absolute atomic E-state index is 12.3. The maximum Gasteiger partial charge on any atom is 0.490 e. The predicted octanol–water partition coefficient (Wildman–Crippen LogP) is 1.81. The molecule has 0 bridgehead atoms. The van der Waals surface area contributed by atoms with Crippen molar-refractivity contribution in [2.45, 2.75) is 50.8 Å². The summed E-state index contributed by atoms with van der Waals surface area (Å²) in [5.41, 5.74) is 0.839. The van der Waals surface area contributed by atoms with E-state index in [-0.39, 0.29) is 24.0 Å². The van der Waals surface area contributed by atoms with Crippen LogP contribution < -0.4 is 0 Å². The van der Waals surface area contributed by atoms with Crippen molar-refractivity contribution < 1.29 is 41.0 Å². The van der Waals surface area contributed by atoms with Gasteiger partial charge in [0.25, 0.3) is 0 Å². The van der Waals surface area contributed by atoms with Crippen LogP contribution in [0.4, 0.5) is 13.2 Å². The van der Waals surface area contributed by atoms with Crippen LogP contribution in [0.1, 0.15) is 25.5 Å². The molecule has 3 rings (SSSR count). The number of ether oxygens (including phenoxy) is 2. The summed E-state index contributed by atoms with van der Waals surface area (Å²) < 4.78 is 69.6. The normalized spacial score (nSPS) is 25.0. The summed E-state index contributed by atoms with van der Waals surface area (Å²) in [4.78, 5) is 13.1. The van der Waals surface area contributed by atoms with Crippen molar-refractivity contribution in [1.82, 2.24) is 9.29 Å². The number of hydrogen-bond donors (Lipinski definition) is 1. The molecule has 0 aliphatic carbocycles. The van der Waals surface area contributed by atoms with E-state index in [0.717, 1.165) is 18.5 Å². The molecule has 0 radical (unpaired) electrons. The minimum atomic E-state index is -5.08. The van der Waals surface area contributed by atoms with Gasteiger partial charge in [-0.05, 0) is 31.9 Å². The van der Waals surface area contributed by atoms with Gasteiger partial charge in [-0.3, -0.25) is 4.98 Å². The number of aromatic nitrogens is 1. The van der Waals surface area contributed by atoms with Crippen molar-refractivity contribution in [3.05, 3.63) is 30.1 Å². The number of aliphatic carboxylic acids is 1. The Balaban J connectivity index is 0.000000370. The zero-order valence-corrected chi connectivity index (χ0v) is 16.5. The van der Waals surface area contributed by atoms with Crippen LogP contribution >= 0.6 is 0 Å². The maximum atomic E-state index is 12.3. The van der Waals surface area contributed by atoms with Gasteiger partial charge < -0.3 is 14.6 Å². The van der Waals surface area contributed by atoms with Crippen LogP contribution in [0.5, 0.6) is 0 Å². The predicted molar refractivity (Wildman–Crippen MR) is 95.4 cm³/mol. The Morgan fingerprint density at radius 1 is 1.41 bits per heavy atom. The number of sulfonamides is 1. The number of alkyl halides is 3. The monoisotopic (exact) mass is 440 g/mol. The van der Waals surface area contributed by atoms with Gasteiger partial charge in [0.2, 0.25) is 10.0 Å². The summed E-state index contributed by atoms with van der Waals surface area (Å²) in [5, 5.41) is 7.12. The van der Waals surface area contributed by atoms with Crippen LogP contribution in [-0.2, 0) is 30.9 Å². The molecule has 8 nitrogen and oxygen atoms in total. The van der Waals surface area contributed by atoms with Crippen LogP contribution in [0.15, 0.2) is 24.4 Å². The number of carboxylic acid groups (broad SMARTS) is 1. The largest absolute Gasteiger partial charge is 0.490 e. The van der Waals surface area contributed by atoms with Gasteiger partial charge >= 0.3 is 12.1 Å². The number of pyridine rings is 1. The van der Waals surface area contributed by atoms with Gasteiger partial charge in [-0.1, -0.05) is 6.07 Å². The molecule has 1 aromatic rings. The Morgan fingerprint density at radius 3 is 2.66 bits per heavy atom. The molecule has 164 valence electrons. The molecule has 0 aromatic carbocycles. The minimum absolute atomic E-state index is 0.0903. The zero-order valence-electron chi connectivity index (χ0n) is 15.7. The van der Waals surface area contributed by atoms with Gasteiger partial charge in [-0.2, -0.15) is 17.5 Å².